The average Bonchev–Trinajstić information content (AvgIpc) is 2.31. The van der Waals surface area contributed by atoms with Crippen LogP contribution in [0, 0.1) is 6.92 Å². The van der Waals surface area contributed by atoms with Crippen molar-refractivity contribution in [2.45, 2.75) is 32.9 Å². The van der Waals surface area contributed by atoms with Crippen LogP contribution in [0.4, 0.5) is 0 Å². The Balaban J connectivity index is 2.66. The fourth-order valence-corrected chi connectivity index (χ4v) is 1.73. The van der Waals surface area contributed by atoms with Crippen LogP contribution in [0.3, 0.4) is 0 Å². The first kappa shape index (κ1) is 15.3. The molecule has 0 saturated heterocycles. The average molecular weight is 272 g/mol. The Hall–Kier alpha value is -0.770. The Labute approximate surface area is 114 Å². The van der Waals surface area contributed by atoms with Crippen molar-refractivity contribution in [3.05, 3.63) is 28.8 Å². The molecule has 0 aliphatic rings. The molecule has 102 valence electrons. The molecule has 0 heterocycles. The van der Waals surface area contributed by atoms with Gasteiger partial charge in [0.25, 0.3) is 0 Å². The summed E-state index contributed by atoms with van der Waals surface area (Å²) >= 11 is 5.98. The van der Waals surface area contributed by atoms with Crippen LogP contribution >= 0.6 is 11.6 Å². The van der Waals surface area contributed by atoms with E-state index in [9.17, 15) is 0 Å². The van der Waals surface area contributed by atoms with Gasteiger partial charge in [0, 0.05) is 24.7 Å². The van der Waals surface area contributed by atoms with E-state index in [1.807, 2.05) is 25.1 Å². The molecule has 0 radical (unpaired) electrons. The first-order chi connectivity index (χ1) is 8.52. The molecule has 4 heteroatoms. The van der Waals surface area contributed by atoms with E-state index in [-0.39, 0.29) is 6.10 Å². The summed E-state index contributed by atoms with van der Waals surface area (Å²) in [6, 6.07) is 6.08. The van der Waals surface area contributed by atoms with Gasteiger partial charge in [0.15, 0.2) is 0 Å². The van der Waals surface area contributed by atoms with Crippen LogP contribution in [0.1, 0.15) is 19.4 Å². The molecular formula is C14H22ClNO2. The summed E-state index contributed by atoms with van der Waals surface area (Å²) in [5, 5.41) is 4.03. The minimum absolute atomic E-state index is 0.0189. The van der Waals surface area contributed by atoms with Gasteiger partial charge in [0.2, 0.25) is 0 Å². The highest BCUT2D eigenvalue weighted by atomic mass is 35.5. The van der Waals surface area contributed by atoms with Crippen molar-refractivity contribution in [2.75, 3.05) is 20.3 Å². The number of ether oxygens (including phenoxy) is 2. The molecule has 0 amide bonds. The quantitative estimate of drug-likeness (QED) is 0.827. The van der Waals surface area contributed by atoms with Gasteiger partial charge in [-0.15, -0.1) is 0 Å². The molecule has 0 aromatic heterocycles. The van der Waals surface area contributed by atoms with Crippen molar-refractivity contribution < 1.29 is 9.47 Å². The minimum atomic E-state index is -0.0189. The van der Waals surface area contributed by atoms with Crippen LogP contribution in [0.25, 0.3) is 0 Å². The molecule has 1 unspecified atom stereocenters. The lowest BCUT2D eigenvalue weighted by Gasteiger charge is -2.21. The van der Waals surface area contributed by atoms with Gasteiger partial charge in [-0.3, -0.25) is 0 Å². The zero-order valence-electron chi connectivity index (χ0n) is 11.5. The standard InChI is InChI=1S/C14H22ClNO2/c1-10(2)16-8-13(9-17-4)18-14-7-12(15)6-5-11(14)3/h5-7,10,13,16H,8-9H2,1-4H3. The molecule has 1 aromatic rings. The summed E-state index contributed by atoms with van der Waals surface area (Å²) in [6.45, 7) is 7.51. The highest BCUT2D eigenvalue weighted by molar-refractivity contribution is 6.30. The molecular weight excluding hydrogens is 250 g/mol. The second-order valence-electron chi connectivity index (χ2n) is 4.67. The second kappa shape index (κ2) is 7.62. The molecule has 1 aromatic carbocycles. The Bertz CT molecular complexity index is 369. The molecule has 18 heavy (non-hydrogen) atoms. The third-order valence-corrected chi connectivity index (χ3v) is 2.79. The maximum Gasteiger partial charge on any atom is 0.134 e. The molecule has 0 bridgehead atoms. The lowest BCUT2D eigenvalue weighted by molar-refractivity contribution is 0.0790. The zero-order chi connectivity index (χ0) is 13.5. The number of halogens is 1. The Morgan fingerprint density at radius 3 is 2.67 bits per heavy atom. The fourth-order valence-electron chi connectivity index (χ4n) is 1.57. The van der Waals surface area contributed by atoms with Crippen molar-refractivity contribution in [1.29, 1.82) is 0 Å². The monoisotopic (exact) mass is 271 g/mol. The Morgan fingerprint density at radius 2 is 2.06 bits per heavy atom. The summed E-state index contributed by atoms with van der Waals surface area (Å²) < 4.78 is 11.1. The lowest BCUT2D eigenvalue weighted by atomic mass is 10.2. The van der Waals surface area contributed by atoms with Gasteiger partial charge in [-0.05, 0) is 24.6 Å². The lowest BCUT2D eigenvalue weighted by Crippen LogP contribution is -2.38. The SMILES string of the molecule is COCC(CNC(C)C)Oc1cc(Cl)ccc1C. The molecule has 3 nitrogen and oxygen atoms in total. The minimum Gasteiger partial charge on any atom is -0.486 e. The topological polar surface area (TPSA) is 30.5 Å². The van der Waals surface area contributed by atoms with E-state index in [0.717, 1.165) is 17.9 Å². The summed E-state index contributed by atoms with van der Waals surface area (Å²) in [5.41, 5.74) is 1.07. The van der Waals surface area contributed by atoms with Crippen molar-refractivity contribution >= 4 is 11.6 Å². The molecule has 1 N–H and O–H groups in total. The van der Waals surface area contributed by atoms with E-state index >= 15 is 0 Å². The highest BCUT2D eigenvalue weighted by Crippen LogP contribution is 2.23. The van der Waals surface area contributed by atoms with Gasteiger partial charge in [-0.25, -0.2) is 0 Å². The predicted octanol–water partition coefficient (Wildman–Crippen LogP) is 3.04. The van der Waals surface area contributed by atoms with Gasteiger partial charge >= 0.3 is 0 Å². The number of hydrogen-bond acceptors (Lipinski definition) is 3. The third kappa shape index (κ3) is 5.25. The second-order valence-corrected chi connectivity index (χ2v) is 5.10. The zero-order valence-corrected chi connectivity index (χ0v) is 12.3. The Morgan fingerprint density at radius 1 is 1.33 bits per heavy atom. The largest absolute Gasteiger partial charge is 0.486 e. The van der Waals surface area contributed by atoms with Crippen LogP contribution < -0.4 is 10.1 Å². The van der Waals surface area contributed by atoms with Crippen LogP contribution in [0.15, 0.2) is 18.2 Å². The smallest absolute Gasteiger partial charge is 0.134 e. The maximum atomic E-state index is 5.98. The van der Waals surface area contributed by atoms with E-state index in [4.69, 9.17) is 21.1 Å². The normalized spacial score (nSPS) is 12.8. The highest BCUT2D eigenvalue weighted by Gasteiger charge is 2.12. The molecule has 1 atom stereocenters. The summed E-state index contributed by atoms with van der Waals surface area (Å²) in [5.74, 6) is 0.815. The number of nitrogens with one attached hydrogen (secondary N) is 1. The fraction of sp³-hybridized carbons (Fsp3) is 0.571. The molecule has 0 aliphatic heterocycles. The number of benzene rings is 1. The number of rotatable bonds is 7. The number of methoxy groups -OCH3 is 1. The van der Waals surface area contributed by atoms with Gasteiger partial charge in [-0.2, -0.15) is 0 Å². The van der Waals surface area contributed by atoms with Crippen molar-refractivity contribution in [2.24, 2.45) is 0 Å². The molecule has 0 fully saturated rings. The van der Waals surface area contributed by atoms with E-state index in [1.54, 1.807) is 7.11 Å². The first-order valence-electron chi connectivity index (χ1n) is 6.18. The van der Waals surface area contributed by atoms with E-state index in [1.165, 1.54) is 0 Å². The first-order valence-corrected chi connectivity index (χ1v) is 6.56. The molecule has 0 saturated carbocycles. The van der Waals surface area contributed by atoms with Crippen molar-refractivity contribution in [3.63, 3.8) is 0 Å². The van der Waals surface area contributed by atoms with E-state index in [0.29, 0.717) is 17.7 Å². The van der Waals surface area contributed by atoms with Crippen LogP contribution in [0.2, 0.25) is 5.02 Å². The van der Waals surface area contributed by atoms with Crippen LogP contribution in [0.5, 0.6) is 5.75 Å². The summed E-state index contributed by atoms with van der Waals surface area (Å²) in [4.78, 5) is 0. The van der Waals surface area contributed by atoms with E-state index in [2.05, 4.69) is 19.2 Å². The van der Waals surface area contributed by atoms with Crippen LogP contribution in [-0.2, 0) is 4.74 Å². The molecule has 1 rings (SSSR count). The Kier molecular flexibility index (Phi) is 6.47. The number of hydrogen-bond donors (Lipinski definition) is 1. The maximum absolute atomic E-state index is 5.98. The van der Waals surface area contributed by atoms with Crippen molar-refractivity contribution in [3.8, 4) is 5.75 Å². The van der Waals surface area contributed by atoms with Gasteiger partial charge in [-0.1, -0.05) is 31.5 Å². The van der Waals surface area contributed by atoms with Crippen LogP contribution in [-0.4, -0.2) is 32.4 Å². The van der Waals surface area contributed by atoms with Gasteiger partial charge in [0.1, 0.15) is 11.9 Å². The predicted molar refractivity (Wildman–Crippen MR) is 75.6 cm³/mol. The number of aryl methyl sites for hydroxylation is 1. The molecule has 0 spiro atoms. The van der Waals surface area contributed by atoms with Gasteiger partial charge < -0.3 is 14.8 Å². The van der Waals surface area contributed by atoms with Crippen molar-refractivity contribution in [1.82, 2.24) is 5.32 Å². The molecule has 0 aliphatic carbocycles. The van der Waals surface area contributed by atoms with E-state index < -0.39 is 0 Å². The van der Waals surface area contributed by atoms with Gasteiger partial charge in [0.05, 0.1) is 6.61 Å². The third-order valence-electron chi connectivity index (χ3n) is 2.55. The summed E-state index contributed by atoms with van der Waals surface area (Å²) in [7, 11) is 1.68. The summed E-state index contributed by atoms with van der Waals surface area (Å²) in [6.07, 6.45) is -0.0189.